The van der Waals surface area contributed by atoms with E-state index in [0.717, 1.165) is 115 Å². The Balaban J connectivity index is 5.20. The minimum atomic E-state index is -4.93. The van der Waals surface area contributed by atoms with Crippen LogP contribution in [0.2, 0.25) is 0 Å². The van der Waals surface area contributed by atoms with Gasteiger partial charge in [0.1, 0.15) is 19.3 Å². The molecule has 0 aliphatic rings. The van der Waals surface area contributed by atoms with Crippen molar-refractivity contribution in [3.63, 3.8) is 0 Å². The molecule has 0 spiro atoms. The normalized spacial score (nSPS) is 14.9. The summed E-state index contributed by atoms with van der Waals surface area (Å²) >= 11 is 0. The number of ether oxygens (including phenoxy) is 4. The number of aliphatic hydroxyl groups is 1. The number of esters is 4. The summed E-state index contributed by atoms with van der Waals surface area (Å²) in [5.74, 6) is -0.711. The van der Waals surface area contributed by atoms with Crippen LogP contribution >= 0.6 is 15.6 Å². The van der Waals surface area contributed by atoms with E-state index in [2.05, 4.69) is 41.5 Å². The summed E-state index contributed by atoms with van der Waals surface area (Å²) in [6.45, 7) is 9.24. The number of carbonyl (C=O) groups is 4. The standard InChI is InChI=1S/C56H108O17P2/c1-7-10-12-14-15-16-20-28-34-40-55(60)72-51(44-66-53(58)38-32-24-13-11-8-2)46-70-74(62,63)68-42-50(57)43-69-75(64,65)71-47-52(45-67-54(59)39-33-27-23-22-26-31-37-49(6)9-3)73-56(61)41-35-29-21-18-17-19-25-30-36-48(4)5/h48-52,57H,7-47H2,1-6H3,(H,62,63)(H,64,65)/t49?,50-,51+,52+/m0/s1. The Morgan fingerprint density at radius 2 is 0.680 bits per heavy atom. The first-order chi connectivity index (χ1) is 35.9. The molecule has 3 N–H and O–H groups in total. The maximum atomic E-state index is 12.9. The molecule has 0 amide bonds. The molecule has 0 aliphatic carbocycles. The Labute approximate surface area is 454 Å². The maximum Gasteiger partial charge on any atom is 0.472 e. The minimum Gasteiger partial charge on any atom is -0.462 e. The third-order valence-electron chi connectivity index (χ3n) is 13.1. The third-order valence-corrected chi connectivity index (χ3v) is 15.0. The summed E-state index contributed by atoms with van der Waals surface area (Å²) in [7, 11) is -9.86. The molecule has 0 saturated carbocycles. The Kier molecular flexibility index (Phi) is 47.9. The average Bonchev–Trinajstić information content (AvgIpc) is 3.37. The first kappa shape index (κ1) is 73.1. The molecule has 0 aliphatic heterocycles. The van der Waals surface area contributed by atoms with Gasteiger partial charge in [0.05, 0.1) is 26.4 Å². The van der Waals surface area contributed by atoms with Gasteiger partial charge in [0.15, 0.2) is 12.2 Å². The van der Waals surface area contributed by atoms with Gasteiger partial charge >= 0.3 is 39.5 Å². The molecular weight excluding hydrogens is 1010 g/mol. The molecule has 75 heavy (non-hydrogen) atoms. The molecule has 6 atom stereocenters. The summed E-state index contributed by atoms with van der Waals surface area (Å²) in [4.78, 5) is 71.5. The first-order valence-corrected chi connectivity index (χ1v) is 32.5. The molecule has 0 radical (unpaired) electrons. The number of phosphoric acid groups is 2. The van der Waals surface area contributed by atoms with E-state index in [-0.39, 0.29) is 25.7 Å². The summed E-state index contributed by atoms with van der Waals surface area (Å²) in [6.07, 6.45) is 28.4. The molecule has 0 bridgehead atoms. The van der Waals surface area contributed by atoms with Crippen LogP contribution in [0.5, 0.6) is 0 Å². The van der Waals surface area contributed by atoms with Crippen molar-refractivity contribution in [2.45, 2.75) is 285 Å². The quantitative estimate of drug-likeness (QED) is 0.0222. The van der Waals surface area contributed by atoms with E-state index in [4.69, 9.17) is 37.0 Å². The fraction of sp³-hybridized carbons (Fsp3) is 0.929. The summed E-state index contributed by atoms with van der Waals surface area (Å²) < 4.78 is 67.4. The number of hydrogen-bond acceptors (Lipinski definition) is 15. The Bertz CT molecular complexity index is 1500. The van der Waals surface area contributed by atoms with Gasteiger partial charge in [-0.05, 0) is 37.5 Å². The van der Waals surface area contributed by atoms with Gasteiger partial charge in [0, 0.05) is 25.7 Å². The molecule has 3 unspecified atom stereocenters. The van der Waals surface area contributed by atoms with Gasteiger partial charge in [0.2, 0.25) is 0 Å². The van der Waals surface area contributed by atoms with Crippen LogP contribution in [0.4, 0.5) is 0 Å². The van der Waals surface area contributed by atoms with Crippen LogP contribution in [0.3, 0.4) is 0 Å². The number of hydrogen-bond donors (Lipinski definition) is 3. The van der Waals surface area contributed by atoms with E-state index in [1.165, 1.54) is 70.6 Å². The zero-order chi connectivity index (χ0) is 55.8. The average molecular weight is 1120 g/mol. The molecule has 0 aromatic carbocycles. The van der Waals surface area contributed by atoms with Crippen LogP contribution in [-0.2, 0) is 65.4 Å². The van der Waals surface area contributed by atoms with Crippen molar-refractivity contribution in [3.05, 3.63) is 0 Å². The lowest BCUT2D eigenvalue weighted by Crippen LogP contribution is -2.30. The number of unbranched alkanes of at least 4 members (excludes halogenated alkanes) is 24. The van der Waals surface area contributed by atoms with Crippen LogP contribution in [0.1, 0.15) is 266 Å². The number of aliphatic hydroxyl groups excluding tert-OH is 1. The second-order valence-electron chi connectivity index (χ2n) is 21.0. The first-order valence-electron chi connectivity index (χ1n) is 29.5. The lowest BCUT2D eigenvalue weighted by molar-refractivity contribution is -0.161. The monoisotopic (exact) mass is 1110 g/mol. The van der Waals surface area contributed by atoms with Crippen LogP contribution in [0, 0.1) is 11.8 Å². The molecule has 0 saturated heterocycles. The van der Waals surface area contributed by atoms with Crippen molar-refractivity contribution in [1.29, 1.82) is 0 Å². The van der Waals surface area contributed by atoms with Gasteiger partial charge < -0.3 is 33.8 Å². The van der Waals surface area contributed by atoms with Gasteiger partial charge in [0.25, 0.3) is 0 Å². The number of rotatable bonds is 55. The van der Waals surface area contributed by atoms with Gasteiger partial charge in [-0.2, -0.15) is 0 Å². The third kappa shape index (κ3) is 50.1. The molecular formula is C56H108O17P2. The molecule has 0 rings (SSSR count). The second kappa shape index (κ2) is 49.1. The van der Waals surface area contributed by atoms with Crippen molar-refractivity contribution in [3.8, 4) is 0 Å². The molecule has 0 fully saturated rings. The van der Waals surface area contributed by atoms with Crippen molar-refractivity contribution >= 4 is 39.5 Å². The predicted octanol–water partition coefficient (Wildman–Crippen LogP) is 14.5. The maximum absolute atomic E-state index is 12.9. The fourth-order valence-corrected chi connectivity index (χ4v) is 9.66. The van der Waals surface area contributed by atoms with Gasteiger partial charge in [-0.25, -0.2) is 9.13 Å². The lowest BCUT2D eigenvalue weighted by Gasteiger charge is -2.21. The van der Waals surface area contributed by atoms with Crippen molar-refractivity contribution in [2.24, 2.45) is 11.8 Å². The SMILES string of the molecule is CCCCCCCCCCCC(=O)O[C@H](COC(=O)CCCCCCC)COP(=O)(O)OC[C@H](O)COP(=O)(O)OC[C@@H](COC(=O)CCCCCCCCC(C)CC)OC(=O)CCCCCCCCCCC(C)C. The largest absolute Gasteiger partial charge is 0.472 e. The Morgan fingerprint density at radius 1 is 0.387 bits per heavy atom. The van der Waals surface area contributed by atoms with Crippen molar-refractivity contribution in [1.82, 2.24) is 0 Å². The Morgan fingerprint density at radius 3 is 1.01 bits per heavy atom. The highest BCUT2D eigenvalue weighted by Crippen LogP contribution is 2.45. The van der Waals surface area contributed by atoms with Gasteiger partial charge in [-0.3, -0.25) is 37.3 Å². The molecule has 444 valence electrons. The van der Waals surface area contributed by atoms with E-state index >= 15 is 0 Å². The fourth-order valence-electron chi connectivity index (χ4n) is 8.08. The van der Waals surface area contributed by atoms with E-state index in [1.807, 2.05) is 0 Å². The number of phosphoric ester groups is 2. The van der Waals surface area contributed by atoms with Crippen molar-refractivity contribution < 1.29 is 80.2 Å². The van der Waals surface area contributed by atoms with Crippen LogP contribution in [-0.4, -0.2) is 96.7 Å². The molecule has 17 nitrogen and oxygen atoms in total. The van der Waals surface area contributed by atoms with Crippen LogP contribution in [0.25, 0.3) is 0 Å². The van der Waals surface area contributed by atoms with Gasteiger partial charge in [-0.15, -0.1) is 0 Å². The zero-order valence-electron chi connectivity index (χ0n) is 47.8. The molecule has 0 aromatic rings. The lowest BCUT2D eigenvalue weighted by atomic mass is 10.00. The molecule has 0 heterocycles. The zero-order valence-corrected chi connectivity index (χ0v) is 49.6. The van der Waals surface area contributed by atoms with E-state index in [0.29, 0.717) is 25.7 Å². The van der Waals surface area contributed by atoms with Crippen LogP contribution in [0.15, 0.2) is 0 Å². The highest BCUT2D eigenvalue weighted by molar-refractivity contribution is 7.47. The van der Waals surface area contributed by atoms with E-state index in [9.17, 15) is 43.2 Å². The smallest absolute Gasteiger partial charge is 0.462 e. The predicted molar refractivity (Wildman–Crippen MR) is 294 cm³/mol. The second-order valence-corrected chi connectivity index (χ2v) is 23.9. The molecule has 19 heteroatoms. The number of carbonyl (C=O) groups excluding carboxylic acids is 4. The topological polar surface area (TPSA) is 237 Å². The Hall–Kier alpha value is -1.94. The summed E-state index contributed by atoms with van der Waals surface area (Å²) in [5.41, 5.74) is 0. The summed E-state index contributed by atoms with van der Waals surface area (Å²) in [6, 6.07) is 0. The minimum absolute atomic E-state index is 0.103. The van der Waals surface area contributed by atoms with Gasteiger partial charge in [-0.1, -0.05) is 215 Å². The molecule has 0 aromatic heterocycles. The van der Waals surface area contributed by atoms with E-state index in [1.54, 1.807) is 0 Å². The van der Waals surface area contributed by atoms with Crippen LogP contribution < -0.4 is 0 Å². The highest BCUT2D eigenvalue weighted by atomic mass is 31.2. The highest BCUT2D eigenvalue weighted by Gasteiger charge is 2.30. The van der Waals surface area contributed by atoms with Crippen molar-refractivity contribution in [2.75, 3.05) is 39.6 Å². The summed E-state index contributed by atoms with van der Waals surface area (Å²) in [5, 5.41) is 10.5. The van der Waals surface area contributed by atoms with E-state index < -0.39 is 97.5 Å².